The average Bonchev–Trinajstić information content (AvgIpc) is 3.01. The summed E-state index contributed by atoms with van der Waals surface area (Å²) in [6.07, 6.45) is 3.39. The molecule has 1 aromatic rings. The van der Waals surface area contributed by atoms with Crippen LogP contribution in [-0.4, -0.2) is 21.2 Å². The molecular weight excluding hydrogens is 234 g/mol. The zero-order valence-corrected chi connectivity index (χ0v) is 11.4. The first-order valence-electron chi connectivity index (χ1n) is 5.82. The van der Waals surface area contributed by atoms with E-state index in [0.29, 0.717) is 11.4 Å². The topological polar surface area (TPSA) is 60.2 Å². The highest BCUT2D eigenvalue weighted by Crippen LogP contribution is 2.49. The molecule has 0 saturated heterocycles. The highest BCUT2D eigenvalue weighted by atomic mass is 32.2. The molecule has 1 aliphatic carbocycles. The molecule has 4 heteroatoms. The van der Waals surface area contributed by atoms with Gasteiger partial charge in [0.25, 0.3) is 0 Å². The molecule has 1 saturated carbocycles. The summed E-state index contributed by atoms with van der Waals surface area (Å²) in [7, 11) is -3.15. The number of aryl methyl sites for hydroxylation is 1. The van der Waals surface area contributed by atoms with Crippen LogP contribution in [0.1, 0.15) is 29.5 Å². The second-order valence-corrected chi connectivity index (χ2v) is 7.19. The van der Waals surface area contributed by atoms with Gasteiger partial charge in [0.1, 0.15) is 0 Å². The predicted octanol–water partition coefficient (Wildman–Crippen LogP) is 1.70. The summed E-state index contributed by atoms with van der Waals surface area (Å²) in [6.45, 7) is 4.60. The molecular formula is C13H19NO2S. The summed E-state index contributed by atoms with van der Waals surface area (Å²) in [5.74, 6) is 0. The maximum atomic E-state index is 11.7. The van der Waals surface area contributed by atoms with Gasteiger partial charge >= 0.3 is 0 Å². The van der Waals surface area contributed by atoms with Gasteiger partial charge in [-0.1, -0.05) is 0 Å². The van der Waals surface area contributed by atoms with E-state index in [1.165, 1.54) is 11.8 Å². The van der Waals surface area contributed by atoms with E-state index in [0.717, 1.165) is 24.0 Å². The zero-order chi connectivity index (χ0) is 12.8. The quantitative estimate of drug-likeness (QED) is 0.892. The Morgan fingerprint density at radius 2 is 1.88 bits per heavy atom. The minimum absolute atomic E-state index is 0.0372. The van der Waals surface area contributed by atoms with Crippen LogP contribution >= 0.6 is 0 Å². The van der Waals surface area contributed by atoms with Crippen LogP contribution in [-0.2, 0) is 15.3 Å². The van der Waals surface area contributed by atoms with Crippen molar-refractivity contribution in [3.05, 3.63) is 28.8 Å². The lowest BCUT2D eigenvalue weighted by atomic mass is 9.90. The standard InChI is InChI=1S/C13H19NO2S/c1-9-6-11(17(3,15)16)7-12(10(9)2)13(8-14)4-5-13/h6-7H,4-5,8,14H2,1-3H3. The summed E-state index contributed by atoms with van der Waals surface area (Å²) < 4.78 is 23.3. The third kappa shape index (κ3) is 2.11. The van der Waals surface area contributed by atoms with Crippen LogP contribution in [0.5, 0.6) is 0 Å². The highest BCUT2D eigenvalue weighted by Gasteiger charge is 2.44. The monoisotopic (exact) mass is 253 g/mol. The second-order valence-electron chi connectivity index (χ2n) is 5.17. The molecule has 2 rings (SSSR count). The number of nitrogens with two attached hydrogens (primary N) is 1. The molecule has 0 unspecified atom stereocenters. The van der Waals surface area contributed by atoms with Gasteiger partial charge in [0, 0.05) is 18.2 Å². The smallest absolute Gasteiger partial charge is 0.175 e. The first-order valence-corrected chi connectivity index (χ1v) is 7.71. The minimum Gasteiger partial charge on any atom is -0.330 e. The third-order valence-corrected chi connectivity index (χ3v) is 4.98. The van der Waals surface area contributed by atoms with Gasteiger partial charge in [-0.25, -0.2) is 8.42 Å². The molecule has 0 heterocycles. The van der Waals surface area contributed by atoms with Crippen LogP contribution in [0, 0.1) is 13.8 Å². The minimum atomic E-state index is -3.15. The van der Waals surface area contributed by atoms with Crippen LogP contribution in [0.3, 0.4) is 0 Å². The van der Waals surface area contributed by atoms with E-state index in [9.17, 15) is 8.42 Å². The Morgan fingerprint density at radius 3 is 2.29 bits per heavy atom. The Balaban J connectivity index is 2.64. The highest BCUT2D eigenvalue weighted by molar-refractivity contribution is 7.90. The number of hydrogen-bond acceptors (Lipinski definition) is 3. The van der Waals surface area contributed by atoms with Crippen molar-refractivity contribution in [1.82, 2.24) is 0 Å². The molecule has 1 aliphatic rings. The van der Waals surface area contributed by atoms with E-state index >= 15 is 0 Å². The fraction of sp³-hybridized carbons (Fsp3) is 0.538. The average molecular weight is 253 g/mol. The van der Waals surface area contributed by atoms with E-state index in [1.54, 1.807) is 6.07 Å². The van der Waals surface area contributed by atoms with Crippen molar-refractivity contribution < 1.29 is 8.42 Å². The van der Waals surface area contributed by atoms with E-state index in [4.69, 9.17) is 5.73 Å². The van der Waals surface area contributed by atoms with Crippen molar-refractivity contribution >= 4 is 9.84 Å². The molecule has 0 aromatic heterocycles. The van der Waals surface area contributed by atoms with Crippen LogP contribution in [0.15, 0.2) is 17.0 Å². The van der Waals surface area contributed by atoms with Crippen LogP contribution in [0.4, 0.5) is 0 Å². The number of benzene rings is 1. The van der Waals surface area contributed by atoms with Crippen molar-refractivity contribution in [2.24, 2.45) is 5.73 Å². The Labute approximate surface area is 103 Å². The first kappa shape index (κ1) is 12.6. The molecule has 1 aromatic carbocycles. The summed E-state index contributed by atoms with van der Waals surface area (Å²) in [5, 5.41) is 0. The summed E-state index contributed by atoms with van der Waals surface area (Å²) in [5.41, 5.74) is 9.20. The molecule has 17 heavy (non-hydrogen) atoms. The maximum Gasteiger partial charge on any atom is 0.175 e. The molecule has 94 valence electrons. The Kier molecular flexibility index (Phi) is 2.83. The lowest BCUT2D eigenvalue weighted by molar-refractivity contribution is 0.601. The number of hydrogen-bond donors (Lipinski definition) is 1. The molecule has 0 aliphatic heterocycles. The third-order valence-electron chi connectivity index (χ3n) is 3.88. The number of sulfone groups is 1. The zero-order valence-electron chi connectivity index (χ0n) is 10.6. The van der Waals surface area contributed by atoms with Gasteiger partial charge in [-0.2, -0.15) is 0 Å². The van der Waals surface area contributed by atoms with Gasteiger partial charge in [0.2, 0.25) is 0 Å². The van der Waals surface area contributed by atoms with E-state index in [-0.39, 0.29) is 5.41 Å². The normalized spacial score (nSPS) is 18.1. The van der Waals surface area contributed by atoms with Crippen LogP contribution < -0.4 is 5.73 Å². The molecule has 1 fully saturated rings. The van der Waals surface area contributed by atoms with Crippen molar-refractivity contribution in [3.63, 3.8) is 0 Å². The van der Waals surface area contributed by atoms with Gasteiger partial charge < -0.3 is 5.73 Å². The van der Waals surface area contributed by atoms with Gasteiger partial charge in [0.05, 0.1) is 4.90 Å². The summed E-state index contributed by atoms with van der Waals surface area (Å²) >= 11 is 0. The molecule has 0 spiro atoms. The van der Waals surface area contributed by atoms with Gasteiger partial charge in [-0.05, 0) is 55.5 Å². The van der Waals surface area contributed by atoms with E-state index in [1.807, 2.05) is 19.9 Å². The van der Waals surface area contributed by atoms with Crippen LogP contribution in [0.25, 0.3) is 0 Å². The lowest BCUT2D eigenvalue weighted by Crippen LogP contribution is -2.21. The van der Waals surface area contributed by atoms with Crippen molar-refractivity contribution in [2.75, 3.05) is 12.8 Å². The SMILES string of the molecule is Cc1cc(S(C)(=O)=O)cc(C2(CN)CC2)c1C. The van der Waals surface area contributed by atoms with Gasteiger partial charge in [0.15, 0.2) is 9.84 Å². The maximum absolute atomic E-state index is 11.7. The summed E-state index contributed by atoms with van der Waals surface area (Å²) in [6, 6.07) is 3.57. The molecule has 2 N–H and O–H groups in total. The van der Waals surface area contributed by atoms with E-state index < -0.39 is 9.84 Å². The Morgan fingerprint density at radius 1 is 1.29 bits per heavy atom. The van der Waals surface area contributed by atoms with Crippen LogP contribution in [0.2, 0.25) is 0 Å². The summed E-state index contributed by atoms with van der Waals surface area (Å²) in [4.78, 5) is 0.412. The molecule has 0 atom stereocenters. The Hall–Kier alpha value is -0.870. The lowest BCUT2D eigenvalue weighted by Gasteiger charge is -2.19. The van der Waals surface area contributed by atoms with Crippen molar-refractivity contribution in [1.29, 1.82) is 0 Å². The molecule has 3 nitrogen and oxygen atoms in total. The molecule has 0 radical (unpaired) electrons. The fourth-order valence-electron chi connectivity index (χ4n) is 2.33. The molecule has 0 bridgehead atoms. The predicted molar refractivity (Wildman–Crippen MR) is 69.0 cm³/mol. The molecule has 0 amide bonds. The van der Waals surface area contributed by atoms with Crippen molar-refractivity contribution in [3.8, 4) is 0 Å². The number of rotatable bonds is 3. The Bertz CT molecular complexity index is 557. The van der Waals surface area contributed by atoms with Crippen molar-refractivity contribution in [2.45, 2.75) is 37.0 Å². The first-order chi connectivity index (χ1) is 7.80. The van der Waals surface area contributed by atoms with E-state index in [2.05, 4.69) is 0 Å². The van der Waals surface area contributed by atoms with Gasteiger partial charge in [-0.15, -0.1) is 0 Å². The second kappa shape index (κ2) is 3.82. The largest absolute Gasteiger partial charge is 0.330 e. The van der Waals surface area contributed by atoms with Gasteiger partial charge in [-0.3, -0.25) is 0 Å². The fourth-order valence-corrected chi connectivity index (χ4v) is 3.05.